The van der Waals surface area contributed by atoms with E-state index in [0.29, 0.717) is 24.0 Å². The molecule has 6 nitrogen and oxygen atoms in total. The Labute approximate surface area is 142 Å². The van der Waals surface area contributed by atoms with Crippen molar-refractivity contribution in [3.63, 3.8) is 0 Å². The molecule has 0 spiro atoms. The lowest BCUT2D eigenvalue weighted by atomic mass is 10.1. The summed E-state index contributed by atoms with van der Waals surface area (Å²) in [6, 6.07) is 13.4. The molecule has 0 amide bonds. The molecule has 0 aromatic heterocycles. The molecule has 0 aliphatic heterocycles. The number of anilines is 1. The molecule has 0 aliphatic rings. The summed E-state index contributed by atoms with van der Waals surface area (Å²) >= 11 is 0. The van der Waals surface area contributed by atoms with Gasteiger partial charge in [0.25, 0.3) is 0 Å². The summed E-state index contributed by atoms with van der Waals surface area (Å²) in [6.45, 7) is 0.583. The van der Waals surface area contributed by atoms with Crippen LogP contribution in [0.1, 0.15) is 5.56 Å². The van der Waals surface area contributed by atoms with Gasteiger partial charge in [0.2, 0.25) is 0 Å². The maximum atomic E-state index is 5.93. The Morgan fingerprint density at radius 3 is 2.50 bits per heavy atom. The summed E-state index contributed by atoms with van der Waals surface area (Å²) in [5, 5.41) is 3.04. The second kappa shape index (κ2) is 8.67. The Bertz CT molecular complexity index is 702. The fourth-order valence-corrected chi connectivity index (χ4v) is 2.23. The van der Waals surface area contributed by atoms with Gasteiger partial charge in [-0.05, 0) is 36.2 Å². The summed E-state index contributed by atoms with van der Waals surface area (Å²) in [5.74, 6) is 2.49. The number of benzene rings is 2. The lowest BCUT2D eigenvalue weighted by Gasteiger charge is -2.11. The van der Waals surface area contributed by atoms with Gasteiger partial charge in [0.1, 0.15) is 5.75 Å². The molecule has 0 heterocycles. The van der Waals surface area contributed by atoms with E-state index in [1.807, 2.05) is 42.5 Å². The second-order valence-corrected chi connectivity index (χ2v) is 5.06. The SMILES string of the molecule is COc1cccc(CCN=C(N)Nc2ccc(OC)c(OC)c2)c1. The van der Waals surface area contributed by atoms with Crippen molar-refractivity contribution < 1.29 is 14.2 Å². The molecule has 2 rings (SSSR count). The van der Waals surface area contributed by atoms with Crippen LogP contribution >= 0.6 is 0 Å². The molecule has 0 radical (unpaired) electrons. The smallest absolute Gasteiger partial charge is 0.193 e. The van der Waals surface area contributed by atoms with Crippen LogP contribution in [0.4, 0.5) is 5.69 Å². The Morgan fingerprint density at radius 1 is 1.00 bits per heavy atom. The first kappa shape index (κ1) is 17.5. The zero-order chi connectivity index (χ0) is 17.4. The minimum atomic E-state index is 0.352. The summed E-state index contributed by atoms with van der Waals surface area (Å²) in [5.41, 5.74) is 7.87. The van der Waals surface area contributed by atoms with Crippen molar-refractivity contribution in [2.75, 3.05) is 33.2 Å². The van der Waals surface area contributed by atoms with Crippen molar-refractivity contribution in [1.82, 2.24) is 0 Å². The van der Waals surface area contributed by atoms with E-state index in [-0.39, 0.29) is 0 Å². The van der Waals surface area contributed by atoms with Crippen molar-refractivity contribution in [1.29, 1.82) is 0 Å². The minimum Gasteiger partial charge on any atom is -0.497 e. The Kier molecular flexibility index (Phi) is 6.31. The molecule has 0 saturated heterocycles. The van der Waals surface area contributed by atoms with E-state index >= 15 is 0 Å². The van der Waals surface area contributed by atoms with E-state index < -0.39 is 0 Å². The molecule has 0 atom stereocenters. The molecule has 2 aromatic carbocycles. The van der Waals surface area contributed by atoms with Crippen LogP contribution in [0.2, 0.25) is 0 Å². The fourth-order valence-electron chi connectivity index (χ4n) is 2.23. The number of rotatable bonds is 7. The third-order valence-corrected chi connectivity index (χ3v) is 3.47. The van der Waals surface area contributed by atoms with Crippen LogP contribution in [-0.2, 0) is 6.42 Å². The number of hydrogen-bond donors (Lipinski definition) is 2. The maximum Gasteiger partial charge on any atom is 0.193 e. The standard InChI is InChI=1S/C18H23N3O3/c1-22-15-6-4-5-13(11-15)9-10-20-18(19)21-14-7-8-16(23-2)17(12-14)24-3/h4-8,11-12H,9-10H2,1-3H3,(H3,19,20,21). The van der Waals surface area contributed by atoms with Crippen molar-refractivity contribution in [3.05, 3.63) is 48.0 Å². The summed E-state index contributed by atoms with van der Waals surface area (Å²) in [6.07, 6.45) is 0.783. The van der Waals surface area contributed by atoms with Crippen LogP contribution in [0.5, 0.6) is 17.2 Å². The van der Waals surface area contributed by atoms with Crippen molar-refractivity contribution in [3.8, 4) is 17.2 Å². The van der Waals surface area contributed by atoms with Crippen LogP contribution in [0.3, 0.4) is 0 Å². The third-order valence-electron chi connectivity index (χ3n) is 3.47. The van der Waals surface area contributed by atoms with Gasteiger partial charge >= 0.3 is 0 Å². The normalized spacial score (nSPS) is 11.0. The molecule has 6 heteroatoms. The first-order valence-corrected chi connectivity index (χ1v) is 7.58. The van der Waals surface area contributed by atoms with E-state index in [4.69, 9.17) is 19.9 Å². The number of nitrogens with two attached hydrogens (primary N) is 1. The van der Waals surface area contributed by atoms with E-state index in [0.717, 1.165) is 23.4 Å². The molecular formula is C18H23N3O3. The lowest BCUT2D eigenvalue weighted by molar-refractivity contribution is 0.355. The van der Waals surface area contributed by atoms with Crippen LogP contribution < -0.4 is 25.3 Å². The third kappa shape index (κ3) is 4.81. The van der Waals surface area contributed by atoms with Gasteiger partial charge in [0, 0.05) is 18.3 Å². The van der Waals surface area contributed by atoms with Gasteiger partial charge in [-0.2, -0.15) is 0 Å². The van der Waals surface area contributed by atoms with Gasteiger partial charge in [0.15, 0.2) is 17.5 Å². The van der Waals surface area contributed by atoms with E-state index in [9.17, 15) is 0 Å². The summed E-state index contributed by atoms with van der Waals surface area (Å²) in [4.78, 5) is 4.34. The van der Waals surface area contributed by atoms with Crippen LogP contribution in [0.15, 0.2) is 47.5 Å². The highest BCUT2D eigenvalue weighted by Gasteiger charge is 2.05. The first-order valence-electron chi connectivity index (χ1n) is 7.58. The van der Waals surface area contributed by atoms with Gasteiger partial charge in [0.05, 0.1) is 21.3 Å². The number of nitrogens with one attached hydrogen (secondary N) is 1. The number of aliphatic imine (C=N–C) groups is 1. The van der Waals surface area contributed by atoms with Crippen molar-refractivity contribution in [2.24, 2.45) is 10.7 Å². The van der Waals surface area contributed by atoms with Gasteiger partial charge < -0.3 is 25.3 Å². The fraction of sp³-hybridized carbons (Fsp3) is 0.278. The van der Waals surface area contributed by atoms with Crippen molar-refractivity contribution >= 4 is 11.6 Å². The number of nitrogens with zero attached hydrogens (tertiary/aromatic N) is 1. The van der Waals surface area contributed by atoms with Crippen LogP contribution in [0, 0.1) is 0 Å². The Balaban J connectivity index is 1.94. The van der Waals surface area contributed by atoms with E-state index in [1.54, 1.807) is 21.3 Å². The van der Waals surface area contributed by atoms with Gasteiger partial charge in [-0.15, -0.1) is 0 Å². The van der Waals surface area contributed by atoms with E-state index in [1.165, 1.54) is 0 Å². The minimum absolute atomic E-state index is 0.352. The molecule has 128 valence electrons. The largest absolute Gasteiger partial charge is 0.497 e. The molecule has 0 bridgehead atoms. The average molecular weight is 329 g/mol. The van der Waals surface area contributed by atoms with Crippen LogP contribution in [-0.4, -0.2) is 33.8 Å². The summed E-state index contributed by atoms with van der Waals surface area (Å²) in [7, 11) is 4.84. The molecule has 0 fully saturated rings. The second-order valence-electron chi connectivity index (χ2n) is 5.06. The quantitative estimate of drug-likeness (QED) is 0.603. The summed E-state index contributed by atoms with van der Waals surface area (Å²) < 4.78 is 15.7. The van der Waals surface area contributed by atoms with Gasteiger partial charge in [-0.25, -0.2) is 0 Å². The molecule has 3 N–H and O–H groups in total. The van der Waals surface area contributed by atoms with Crippen molar-refractivity contribution in [2.45, 2.75) is 6.42 Å². The molecule has 0 unspecified atom stereocenters. The monoisotopic (exact) mass is 329 g/mol. The lowest BCUT2D eigenvalue weighted by Crippen LogP contribution is -2.23. The topological polar surface area (TPSA) is 78.1 Å². The molecule has 0 aliphatic carbocycles. The number of hydrogen-bond acceptors (Lipinski definition) is 4. The van der Waals surface area contributed by atoms with Crippen LogP contribution in [0.25, 0.3) is 0 Å². The van der Waals surface area contributed by atoms with E-state index in [2.05, 4.69) is 10.3 Å². The zero-order valence-corrected chi connectivity index (χ0v) is 14.2. The molecule has 24 heavy (non-hydrogen) atoms. The first-order chi connectivity index (χ1) is 11.7. The maximum absolute atomic E-state index is 5.93. The molecule has 0 saturated carbocycles. The highest BCUT2D eigenvalue weighted by atomic mass is 16.5. The highest BCUT2D eigenvalue weighted by molar-refractivity contribution is 5.92. The molecular weight excluding hydrogens is 306 g/mol. The number of ether oxygens (including phenoxy) is 3. The zero-order valence-electron chi connectivity index (χ0n) is 14.2. The predicted molar refractivity (Wildman–Crippen MR) is 96.4 cm³/mol. The number of methoxy groups -OCH3 is 3. The van der Waals surface area contributed by atoms with Gasteiger partial charge in [-0.3, -0.25) is 4.99 Å². The Hall–Kier alpha value is -2.89. The number of guanidine groups is 1. The molecule has 2 aromatic rings. The average Bonchev–Trinajstić information content (AvgIpc) is 2.61. The van der Waals surface area contributed by atoms with Gasteiger partial charge in [-0.1, -0.05) is 12.1 Å². The predicted octanol–water partition coefficient (Wildman–Crippen LogP) is 2.68. The Morgan fingerprint density at radius 2 is 1.79 bits per heavy atom. The highest BCUT2D eigenvalue weighted by Crippen LogP contribution is 2.29.